The van der Waals surface area contributed by atoms with Gasteiger partial charge in [-0.25, -0.2) is 5.43 Å². The summed E-state index contributed by atoms with van der Waals surface area (Å²) in [5, 5.41) is 8.99. The Bertz CT molecular complexity index is 989. The molecule has 3 amide bonds. The summed E-state index contributed by atoms with van der Waals surface area (Å²) in [5.41, 5.74) is 3.36. The lowest BCUT2D eigenvalue weighted by atomic mass is 10.2. The van der Waals surface area contributed by atoms with E-state index in [2.05, 4.69) is 21.2 Å². The average molecular weight is 456 g/mol. The first-order chi connectivity index (χ1) is 15.8. The second-order valence-electron chi connectivity index (χ2n) is 7.28. The Hall–Kier alpha value is -4.08. The van der Waals surface area contributed by atoms with Crippen molar-refractivity contribution in [3.8, 4) is 17.2 Å². The van der Waals surface area contributed by atoms with Crippen LogP contribution in [-0.4, -0.2) is 51.3 Å². The molecule has 0 radical (unpaired) electrons. The van der Waals surface area contributed by atoms with Crippen molar-refractivity contribution < 1.29 is 28.6 Å². The summed E-state index contributed by atoms with van der Waals surface area (Å²) in [6.45, 7) is 4.01. The minimum atomic E-state index is -0.860. The van der Waals surface area contributed by atoms with Crippen molar-refractivity contribution in [2.24, 2.45) is 11.0 Å². The second kappa shape index (κ2) is 12.7. The van der Waals surface area contributed by atoms with Gasteiger partial charge in [0.1, 0.15) is 5.75 Å². The Morgan fingerprint density at radius 2 is 1.70 bits per heavy atom. The Labute approximate surface area is 192 Å². The Morgan fingerprint density at radius 3 is 2.33 bits per heavy atom. The number of ether oxygens (including phenoxy) is 3. The van der Waals surface area contributed by atoms with Gasteiger partial charge >= 0.3 is 11.8 Å². The number of hydrogen-bond acceptors (Lipinski definition) is 7. The molecule has 3 N–H and O–H groups in total. The summed E-state index contributed by atoms with van der Waals surface area (Å²) >= 11 is 0. The normalized spacial score (nSPS) is 10.6. The summed E-state index contributed by atoms with van der Waals surface area (Å²) in [7, 11) is 3.02. The van der Waals surface area contributed by atoms with Gasteiger partial charge in [-0.05, 0) is 53.9 Å². The molecule has 2 rings (SSSR count). The predicted molar refractivity (Wildman–Crippen MR) is 124 cm³/mol. The van der Waals surface area contributed by atoms with Gasteiger partial charge in [-0.15, -0.1) is 0 Å². The van der Waals surface area contributed by atoms with Crippen LogP contribution in [0.25, 0.3) is 0 Å². The average Bonchev–Trinajstić information content (AvgIpc) is 2.81. The van der Waals surface area contributed by atoms with E-state index in [4.69, 9.17) is 14.2 Å². The van der Waals surface area contributed by atoms with Crippen LogP contribution in [0.2, 0.25) is 0 Å². The summed E-state index contributed by atoms with van der Waals surface area (Å²) in [6.07, 6.45) is 1.36. The number of carbonyl (C=O) groups is 3. The number of nitrogens with one attached hydrogen (secondary N) is 3. The lowest BCUT2D eigenvalue weighted by Crippen LogP contribution is -2.39. The number of nitrogens with zero attached hydrogens (tertiary/aromatic N) is 1. The van der Waals surface area contributed by atoms with Crippen LogP contribution in [0.15, 0.2) is 47.6 Å². The zero-order valence-electron chi connectivity index (χ0n) is 19.0. The fourth-order valence-electron chi connectivity index (χ4n) is 2.49. The number of anilines is 1. The molecule has 0 aliphatic heterocycles. The summed E-state index contributed by atoms with van der Waals surface area (Å²) in [6, 6.07) is 11.8. The fraction of sp³-hybridized carbons (Fsp3) is 0.304. The summed E-state index contributed by atoms with van der Waals surface area (Å²) in [4.78, 5) is 35.5. The van der Waals surface area contributed by atoms with Crippen molar-refractivity contribution in [3.63, 3.8) is 0 Å². The minimum absolute atomic E-state index is 0.225. The molecule has 0 heterocycles. The topological polar surface area (TPSA) is 127 Å². The molecule has 0 fully saturated rings. The highest BCUT2D eigenvalue weighted by atomic mass is 16.5. The first-order valence-corrected chi connectivity index (χ1v) is 10.2. The van der Waals surface area contributed by atoms with Crippen molar-refractivity contribution in [2.75, 3.05) is 32.7 Å². The van der Waals surface area contributed by atoms with Crippen molar-refractivity contribution in [3.05, 3.63) is 48.0 Å². The molecule has 176 valence electrons. The Balaban J connectivity index is 1.88. The zero-order valence-corrected chi connectivity index (χ0v) is 19.0. The zero-order chi connectivity index (χ0) is 24.2. The lowest BCUT2D eigenvalue weighted by Gasteiger charge is -2.11. The van der Waals surface area contributed by atoms with E-state index in [9.17, 15) is 14.4 Å². The van der Waals surface area contributed by atoms with Crippen molar-refractivity contribution in [1.29, 1.82) is 0 Å². The second-order valence-corrected chi connectivity index (χ2v) is 7.28. The molecule has 0 atom stereocenters. The van der Waals surface area contributed by atoms with Gasteiger partial charge in [0.25, 0.3) is 5.91 Å². The number of carbonyl (C=O) groups excluding carboxylic acids is 3. The fourth-order valence-corrected chi connectivity index (χ4v) is 2.49. The van der Waals surface area contributed by atoms with Crippen LogP contribution in [0.4, 0.5) is 5.69 Å². The van der Waals surface area contributed by atoms with E-state index in [1.54, 1.807) is 49.6 Å². The van der Waals surface area contributed by atoms with Gasteiger partial charge in [0.15, 0.2) is 18.1 Å². The van der Waals surface area contributed by atoms with Crippen LogP contribution in [0, 0.1) is 5.92 Å². The third-order valence-corrected chi connectivity index (χ3v) is 4.18. The minimum Gasteiger partial charge on any atom is -0.497 e. The highest BCUT2D eigenvalue weighted by molar-refractivity contribution is 6.35. The number of rotatable bonds is 10. The molecule has 0 spiro atoms. The molecule has 0 aliphatic rings. The lowest BCUT2D eigenvalue weighted by molar-refractivity contribution is -0.139. The SMILES string of the molecule is COc1ccc(NC(=O)COc2ccc(/C=N\NC(=O)C(=O)NCC(C)C)cc2OC)cc1. The van der Waals surface area contributed by atoms with E-state index in [0.717, 1.165) is 0 Å². The molecule has 2 aromatic rings. The number of methoxy groups -OCH3 is 2. The first-order valence-electron chi connectivity index (χ1n) is 10.2. The van der Waals surface area contributed by atoms with Gasteiger partial charge in [-0.1, -0.05) is 13.8 Å². The highest BCUT2D eigenvalue weighted by Crippen LogP contribution is 2.27. The van der Waals surface area contributed by atoms with Gasteiger partial charge in [-0.2, -0.15) is 5.10 Å². The third-order valence-electron chi connectivity index (χ3n) is 4.18. The number of hydrogen-bond donors (Lipinski definition) is 3. The van der Waals surface area contributed by atoms with Gasteiger partial charge in [0.05, 0.1) is 20.4 Å². The molecule has 10 nitrogen and oxygen atoms in total. The molecule has 2 aromatic carbocycles. The highest BCUT2D eigenvalue weighted by Gasteiger charge is 2.12. The van der Waals surface area contributed by atoms with Crippen LogP contribution >= 0.6 is 0 Å². The van der Waals surface area contributed by atoms with E-state index in [1.165, 1.54) is 13.3 Å². The molecule has 33 heavy (non-hydrogen) atoms. The van der Waals surface area contributed by atoms with Crippen molar-refractivity contribution in [1.82, 2.24) is 10.7 Å². The van der Waals surface area contributed by atoms with Crippen LogP contribution in [0.5, 0.6) is 17.2 Å². The maximum absolute atomic E-state index is 12.1. The Kier molecular flexibility index (Phi) is 9.69. The predicted octanol–water partition coefficient (Wildman–Crippen LogP) is 1.94. The van der Waals surface area contributed by atoms with Gasteiger partial charge in [-0.3, -0.25) is 14.4 Å². The Morgan fingerprint density at radius 1 is 0.970 bits per heavy atom. The maximum atomic E-state index is 12.1. The molecular weight excluding hydrogens is 428 g/mol. The van der Waals surface area contributed by atoms with E-state index >= 15 is 0 Å². The van der Waals surface area contributed by atoms with E-state index in [1.807, 2.05) is 13.8 Å². The number of hydrazone groups is 1. The molecule has 0 unspecified atom stereocenters. The van der Waals surface area contributed by atoms with Crippen LogP contribution in [0.3, 0.4) is 0 Å². The third kappa shape index (κ3) is 8.52. The monoisotopic (exact) mass is 456 g/mol. The summed E-state index contributed by atoms with van der Waals surface area (Å²) < 4.78 is 15.9. The molecule has 0 aliphatic carbocycles. The van der Waals surface area contributed by atoms with Crippen LogP contribution < -0.4 is 30.3 Å². The van der Waals surface area contributed by atoms with E-state index in [0.29, 0.717) is 35.0 Å². The molecule has 0 saturated heterocycles. The summed E-state index contributed by atoms with van der Waals surface area (Å²) in [5.74, 6) is -0.310. The molecule has 0 bridgehead atoms. The molecule has 0 saturated carbocycles. The molecule has 0 aromatic heterocycles. The van der Waals surface area contributed by atoms with Crippen LogP contribution in [0.1, 0.15) is 19.4 Å². The maximum Gasteiger partial charge on any atom is 0.329 e. The van der Waals surface area contributed by atoms with E-state index in [-0.39, 0.29) is 18.4 Å². The smallest absolute Gasteiger partial charge is 0.329 e. The largest absolute Gasteiger partial charge is 0.497 e. The quantitative estimate of drug-likeness (QED) is 0.285. The van der Waals surface area contributed by atoms with Gasteiger partial charge < -0.3 is 24.8 Å². The first kappa shape index (κ1) is 25.2. The van der Waals surface area contributed by atoms with Gasteiger partial charge in [0, 0.05) is 12.2 Å². The molecular formula is C23H28N4O6. The van der Waals surface area contributed by atoms with Crippen LogP contribution in [-0.2, 0) is 14.4 Å². The van der Waals surface area contributed by atoms with Crippen molar-refractivity contribution in [2.45, 2.75) is 13.8 Å². The van der Waals surface area contributed by atoms with Gasteiger partial charge in [0.2, 0.25) is 0 Å². The number of amides is 3. The van der Waals surface area contributed by atoms with E-state index < -0.39 is 11.8 Å². The molecule has 10 heteroatoms. The number of benzene rings is 2. The standard InChI is InChI=1S/C23H28N4O6/c1-15(2)12-24-22(29)23(30)27-25-13-16-5-10-19(20(11-16)32-4)33-14-21(28)26-17-6-8-18(31-3)9-7-17/h5-11,13,15H,12,14H2,1-4H3,(H,24,29)(H,26,28)(H,27,30)/b25-13-. The van der Waals surface area contributed by atoms with Crippen molar-refractivity contribution >= 4 is 29.6 Å².